The van der Waals surface area contributed by atoms with Gasteiger partial charge < -0.3 is 23.7 Å². The van der Waals surface area contributed by atoms with E-state index in [2.05, 4.69) is 0 Å². The van der Waals surface area contributed by atoms with E-state index in [4.69, 9.17) is 23.7 Å². The first-order valence-electron chi connectivity index (χ1n) is 6.66. The average molecular weight is 320 g/mol. The Morgan fingerprint density at radius 1 is 1.04 bits per heavy atom. The van der Waals surface area contributed by atoms with Crippen molar-refractivity contribution in [2.24, 2.45) is 0 Å². The average Bonchev–Trinajstić information content (AvgIpc) is 2.85. The fourth-order valence-corrected chi connectivity index (χ4v) is 2.09. The zero-order valence-corrected chi connectivity index (χ0v) is 13.1. The van der Waals surface area contributed by atoms with E-state index in [1.165, 1.54) is 26.4 Å². The minimum Gasteiger partial charge on any atom is -0.493 e. The molecule has 122 valence electrons. The highest BCUT2D eigenvalue weighted by molar-refractivity contribution is 5.94. The number of carboxylic acids is 1. The van der Waals surface area contributed by atoms with Gasteiger partial charge in [0.2, 0.25) is 5.75 Å². The molecule has 0 radical (unpaired) electrons. The number of aromatic carboxylic acids is 1. The Morgan fingerprint density at radius 2 is 1.61 bits per heavy atom. The van der Waals surface area contributed by atoms with Crippen molar-refractivity contribution in [3.8, 4) is 17.2 Å². The first-order chi connectivity index (χ1) is 10.9. The molecule has 0 saturated carbocycles. The van der Waals surface area contributed by atoms with Crippen molar-refractivity contribution >= 4 is 11.9 Å². The zero-order valence-electron chi connectivity index (χ0n) is 13.1. The smallest absolute Gasteiger partial charge is 0.347 e. The Kier molecular flexibility index (Phi) is 4.59. The molecule has 1 heterocycles. The molecule has 0 fully saturated rings. The molecule has 0 aliphatic carbocycles. The predicted molar refractivity (Wildman–Crippen MR) is 79.6 cm³/mol. The van der Waals surface area contributed by atoms with E-state index in [0.717, 1.165) is 0 Å². The van der Waals surface area contributed by atoms with Gasteiger partial charge in [0, 0.05) is 0 Å². The van der Waals surface area contributed by atoms with E-state index >= 15 is 0 Å². The van der Waals surface area contributed by atoms with Crippen LogP contribution in [0, 0.1) is 13.8 Å². The number of esters is 1. The number of benzene rings is 1. The molecule has 0 bridgehead atoms. The number of furan rings is 1. The Labute approximate surface area is 132 Å². The fourth-order valence-electron chi connectivity index (χ4n) is 2.09. The number of rotatable bonds is 5. The molecule has 7 nitrogen and oxygen atoms in total. The number of carbonyl (C=O) groups excluding carboxylic acids is 1. The topological polar surface area (TPSA) is 95.2 Å². The number of carbonyl (C=O) groups is 2. The minimum absolute atomic E-state index is 0.00301. The van der Waals surface area contributed by atoms with Gasteiger partial charge in [-0.3, -0.25) is 0 Å². The van der Waals surface area contributed by atoms with Crippen LogP contribution in [0.15, 0.2) is 22.6 Å². The van der Waals surface area contributed by atoms with Crippen molar-refractivity contribution < 1.29 is 33.3 Å². The number of hydrogen-bond acceptors (Lipinski definition) is 6. The maximum absolute atomic E-state index is 12.3. The van der Waals surface area contributed by atoms with Crippen molar-refractivity contribution in [2.75, 3.05) is 14.2 Å². The summed E-state index contributed by atoms with van der Waals surface area (Å²) in [5, 5.41) is 9.08. The van der Waals surface area contributed by atoms with Crippen LogP contribution < -0.4 is 14.2 Å². The summed E-state index contributed by atoms with van der Waals surface area (Å²) in [6.45, 7) is 3.36. The Morgan fingerprint density at radius 3 is 2.00 bits per heavy atom. The third kappa shape index (κ3) is 3.28. The van der Waals surface area contributed by atoms with Crippen LogP contribution in [0.5, 0.6) is 17.2 Å². The van der Waals surface area contributed by atoms with Gasteiger partial charge in [0.05, 0.1) is 19.8 Å². The van der Waals surface area contributed by atoms with Crippen molar-refractivity contribution in [2.45, 2.75) is 13.8 Å². The van der Waals surface area contributed by atoms with Crippen molar-refractivity contribution in [3.63, 3.8) is 0 Å². The quantitative estimate of drug-likeness (QED) is 0.668. The van der Waals surface area contributed by atoms with Crippen LogP contribution in [0.25, 0.3) is 0 Å². The Balaban J connectivity index is 2.44. The maximum atomic E-state index is 12.3. The van der Waals surface area contributed by atoms with Gasteiger partial charge in [0.15, 0.2) is 11.5 Å². The molecule has 0 aliphatic rings. The summed E-state index contributed by atoms with van der Waals surface area (Å²) in [4.78, 5) is 23.4. The largest absolute Gasteiger partial charge is 0.493 e. The summed E-state index contributed by atoms with van der Waals surface area (Å²) in [5.74, 6) is -0.647. The molecular weight excluding hydrogens is 304 g/mol. The predicted octanol–water partition coefficient (Wildman–Crippen LogP) is 2.83. The Bertz CT molecular complexity index is 733. The lowest BCUT2D eigenvalue weighted by Gasteiger charge is -2.13. The molecule has 0 atom stereocenters. The molecule has 1 aromatic carbocycles. The van der Waals surface area contributed by atoms with Gasteiger partial charge in [-0.2, -0.15) is 0 Å². The van der Waals surface area contributed by atoms with Gasteiger partial charge in [-0.15, -0.1) is 0 Å². The molecular formula is C16H16O7. The summed E-state index contributed by atoms with van der Waals surface area (Å²) < 4.78 is 20.8. The molecule has 0 saturated heterocycles. The standard InChI is InChI=1S/C16H16O7/c1-8-5-11(9(2)22-8)16(19)23-14-12(20-3)6-10(15(17)18)7-13(14)21-4/h5-7H,1-4H3,(H,17,18). The van der Waals surface area contributed by atoms with E-state index in [1.54, 1.807) is 19.9 Å². The number of ether oxygens (including phenoxy) is 3. The van der Waals surface area contributed by atoms with Gasteiger partial charge in [-0.25, -0.2) is 9.59 Å². The lowest BCUT2D eigenvalue weighted by atomic mass is 10.2. The number of aryl methyl sites for hydroxylation is 2. The number of hydrogen-bond donors (Lipinski definition) is 1. The van der Waals surface area contributed by atoms with E-state index in [1.807, 2.05) is 0 Å². The van der Waals surface area contributed by atoms with Gasteiger partial charge in [-0.05, 0) is 32.0 Å². The van der Waals surface area contributed by atoms with Crippen molar-refractivity contribution in [1.82, 2.24) is 0 Å². The molecule has 1 N–H and O–H groups in total. The highest BCUT2D eigenvalue weighted by Gasteiger charge is 2.22. The summed E-state index contributed by atoms with van der Waals surface area (Å²) in [5.41, 5.74) is 0.225. The van der Waals surface area contributed by atoms with Crippen LogP contribution in [0.2, 0.25) is 0 Å². The summed E-state index contributed by atoms with van der Waals surface area (Å²) in [6.07, 6.45) is 0. The monoisotopic (exact) mass is 320 g/mol. The minimum atomic E-state index is -1.15. The second-order valence-corrected chi connectivity index (χ2v) is 4.73. The first-order valence-corrected chi connectivity index (χ1v) is 6.66. The van der Waals surface area contributed by atoms with E-state index in [0.29, 0.717) is 11.5 Å². The highest BCUT2D eigenvalue weighted by atomic mass is 16.6. The lowest BCUT2D eigenvalue weighted by molar-refractivity contribution is 0.0696. The second-order valence-electron chi connectivity index (χ2n) is 4.73. The number of methoxy groups -OCH3 is 2. The third-order valence-corrected chi connectivity index (χ3v) is 3.16. The first kappa shape index (κ1) is 16.4. The van der Waals surface area contributed by atoms with Gasteiger partial charge in [0.25, 0.3) is 0 Å². The third-order valence-electron chi connectivity index (χ3n) is 3.16. The molecule has 0 unspecified atom stereocenters. The van der Waals surface area contributed by atoms with Crippen LogP contribution in [0.4, 0.5) is 0 Å². The summed E-state index contributed by atoms with van der Waals surface area (Å²) in [7, 11) is 2.68. The van der Waals surface area contributed by atoms with E-state index < -0.39 is 11.9 Å². The highest BCUT2D eigenvalue weighted by Crippen LogP contribution is 2.39. The van der Waals surface area contributed by atoms with Crippen molar-refractivity contribution in [3.05, 3.63) is 40.8 Å². The molecule has 0 aliphatic heterocycles. The van der Waals surface area contributed by atoms with Crippen LogP contribution in [-0.2, 0) is 0 Å². The molecule has 0 spiro atoms. The lowest BCUT2D eigenvalue weighted by Crippen LogP contribution is -2.11. The molecule has 2 aromatic rings. The van der Waals surface area contributed by atoms with Crippen LogP contribution in [0.1, 0.15) is 32.2 Å². The molecule has 7 heteroatoms. The Hall–Kier alpha value is -2.96. The van der Waals surface area contributed by atoms with Gasteiger partial charge in [0.1, 0.15) is 17.1 Å². The normalized spacial score (nSPS) is 10.3. The molecule has 2 rings (SSSR count). The zero-order chi connectivity index (χ0) is 17.1. The van der Waals surface area contributed by atoms with Crippen molar-refractivity contribution in [1.29, 1.82) is 0 Å². The van der Waals surface area contributed by atoms with Crippen LogP contribution >= 0.6 is 0 Å². The van der Waals surface area contributed by atoms with Crippen LogP contribution in [0.3, 0.4) is 0 Å². The summed E-state index contributed by atoms with van der Waals surface area (Å²) in [6, 6.07) is 4.06. The molecule has 1 aromatic heterocycles. The molecule has 23 heavy (non-hydrogen) atoms. The molecule has 0 amide bonds. The fraction of sp³-hybridized carbons (Fsp3) is 0.250. The summed E-state index contributed by atoms with van der Waals surface area (Å²) >= 11 is 0. The maximum Gasteiger partial charge on any atom is 0.347 e. The second kappa shape index (κ2) is 6.43. The van der Waals surface area contributed by atoms with Crippen LogP contribution in [-0.4, -0.2) is 31.3 Å². The van der Waals surface area contributed by atoms with Gasteiger partial charge in [-0.1, -0.05) is 0 Å². The van der Waals surface area contributed by atoms with E-state index in [-0.39, 0.29) is 28.4 Å². The number of carboxylic acid groups (broad SMARTS) is 1. The van der Waals surface area contributed by atoms with Gasteiger partial charge >= 0.3 is 11.9 Å². The van der Waals surface area contributed by atoms with E-state index in [9.17, 15) is 9.59 Å². The SMILES string of the molecule is COc1cc(C(=O)O)cc(OC)c1OC(=O)c1cc(C)oc1C.